The van der Waals surface area contributed by atoms with Crippen LogP contribution in [0.25, 0.3) is 6.08 Å². The molecule has 0 bridgehead atoms. The average Bonchev–Trinajstić information content (AvgIpc) is 2.64. The van der Waals surface area contributed by atoms with Gasteiger partial charge in [0.1, 0.15) is 5.75 Å². The molecule has 0 aliphatic carbocycles. The van der Waals surface area contributed by atoms with Crippen LogP contribution in [0.4, 0.5) is 18.9 Å². The predicted molar refractivity (Wildman–Crippen MR) is 96.9 cm³/mol. The summed E-state index contributed by atoms with van der Waals surface area (Å²) in [5, 5.41) is 2.61. The Morgan fingerprint density at radius 2 is 1.64 bits per heavy atom. The third-order valence-corrected chi connectivity index (χ3v) is 3.45. The summed E-state index contributed by atoms with van der Waals surface area (Å²) >= 11 is 0. The number of hydrogen-bond donors (Lipinski definition) is 1. The van der Waals surface area contributed by atoms with E-state index in [-0.39, 0.29) is 5.75 Å². The van der Waals surface area contributed by atoms with Crippen molar-refractivity contribution in [2.24, 2.45) is 0 Å². The Kier molecular flexibility index (Phi) is 6.75. The van der Waals surface area contributed by atoms with Crippen LogP contribution in [0.15, 0.2) is 42.5 Å². The van der Waals surface area contributed by atoms with E-state index >= 15 is 0 Å². The first-order valence-corrected chi connectivity index (χ1v) is 7.90. The lowest BCUT2D eigenvalue weighted by atomic mass is 10.2. The molecule has 0 saturated heterocycles. The Morgan fingerprint density at radius 3 is 2.18 bits per heavy atom. The second kappa shape index (κ2) is 9.03. The maximum atomic E-state index is 12.3. The molecule has 0 aliphatic rings. The van der Waals surface area contributed by atoms with E-state index in [0.717, 1.165) is 6.07 Å². The molecule has 150 valence electrons. The number of benzene rings is 2. The number of ether oxygens (including phenoxy) is 4. The molecule has 0 spiro atoms. The van der Waals surface area contributed by atoms with Gasteiger partial charge in [-0.05, 0) is 23.8 Å². The highest BCUT2D eigenvalue weighted by atomic mass is 19.4. The summed E-state index contributed by atoms with van der Waals surface area (Å²) in [7, 11) is 4.34. The van der Waals surface area contributed by atoms with Gasteiger partial charge < -0.3 is 24.3 Å². The molecule has 28 heavy (non-hydrogen) atoms. The third kappa shape index (κ3) is 5.83. The highest BCUT2D eigenvalue weighted by Gasteiger charge is 2.31. The van der Waals surface area contributed by atoms with E-state index in [1.807, 2.05) is 0 Å². The van der Waals surface area contributed by atoms with Gasteiger partial charge in [-0.3, -0.25) is 4.79 Å². The van der Waals surface area contributed by atoms with Gasteiger partial charge >= 0.3 is 6.36 Å². The number of methoxy groups -OCH3 is 3. The smallest absolute Gasteiger partial charge is 0.493 e. The van der Waals surface area contributed by atoms with Crippen LogP contribution < -0.4 is 24.3 Å². The maximum absolute atomic E-state index is 12.3. The second-order valence-corrected chi connectivity index (χ2v) is 5.36. The number of nitrogens with one attached hydrogen (secondary N) is 1. The molecule has 0 aliphatic heterocycles. The van der Waals surface area contributed by atoms with Gasteiger partial charge in [-0.25, -0.2) is 0 Å². The number of anilines is 1. The van der Waals surface area contributed by atoms with E-state index < -0.39 is 12.3 Å². The van der Waals surface area contributed by atoms with Gasteiger partial charge in [0, 0.05) is 23.9 Å². The van der Waals surface area contributed by atoms with Crippen molar-refractivity contribution in [2.45, 2.75) is 6.36 Å². The number of rotatable bonds is 7. The standard InChI is InChI=1S/C19H18F3NO5/c1-25-15-10-13(11-16(26-2)18(15)27-3)23-17(24)8-7-12-5-4-6-14(9-12)28-19(20,21)22/h4-11H,1-3H3,(H,23,24)/b8-7+. The zero-order valence-corrected chi connectivity index (χ0v) is 15.3. The van der Waals surface area contributed by atoms with E-state index in [2.05, 4.69) is 10.1 Å². The normalized spacial score (nSPS) is 11.2. The molecule has 0 aromatic heterocycles. The lowest BCUT2D eigenvalue weighted by Gasteiger charge is -2.14. The number of hydrogen-bond acceptors (Lipinski definition) is 5. The number of amides is 1. The quantitative estimate of drug-likeness (QED) is 0.707. The third-order valence-electron chi connectivity index (χ3n) is 3.45. The van der Waals surface area contributed by atoms with Crippen LogP contribution in [-0.4, -0.2) is 33.6 Å². The van der Waals surface area contributed by atoms with Crippen LogP contribution in [0.1, 0.15) is 5.56 Å². The van der Waals surface area contributed by atoms with E-state index in [4.69, 9.17) is 14.2 Å². The van der Waals surface area contributed by atoms with Gasteiger partial charge in [0.2, 0.25) is 11.7 Å². The molecule has 2 aromatic rings. The van der Waals surface area contributed by atoms with Gasteiger partial charge in [0.05, 0.1) is 21.3 Å². The molecule has 9 heteroatoms. The first kappa shape index (κ1) is 20.9. The van der Waals surface area contributed by atoms with Gasteiger partial charge in [-0.1, -0.05) is 12.1 Å². The largest absolute Gasteiger partial charge is 0.573 e. The van der Waals surface area contributed by atoms with Crippen molar-refractivity contribution in [3.63, 3.8) is 0 Å². The Balaban J connectivity index is 2.13. The molecule has 0 heterocycles. The van der Waals surface area contributed by atoms with Gasteiger partial charge in [-0.2, -0.15) is 0 Å². The summed E-state index contributed by atoms with van der Waals surface area (Å²) in [5.74, 6) is 0.215. The molecular weight excluding hydrogens is 379 g/mol. The molecular formula is C19H18F3NO5. The second-order valence-electron chi connectivity index (χ2n) is 5.36. The Morgan fingerprint density at radius 1 is 1.00 bits per heavy atom. The lowest BCUT2D eigenvalue weighted by molar-refractivity contribution is -0.274. The lowest BCUT2D eigenvalue weighted by Crippen LogP contribution is -2.17. The fraction of sp³-hybridized carbons (Fsp3) is 0.211. The van der Waals surface area contributed by atoms with Crippen LogP contribution in [0, 0.1) is 0 Å². The van der Waals surface area contributed by atoms with Crippen molar-refractivity contribution >= 4 is 17.7 Å². The zero-order chi connectivity index (χ0) is 20.7. The molecule has 2 rings (SSSR count). The molecule has 1 N–H and O–H groups in total. The van der Waals surface area contributed by atoms with Gasteiger partial charge in [0.25, 0.3) is 0 Å². The average molecular weight is 397 g/mol. The van der Waals surface area contributed by atoms with Crippen LogP contribution in [0.5, 0.6) is 23.0 Å². The minimum atomic E-state index is -4.79. The maximum Gasteiger partial charge on any atom is 0.573 e. The van der Waals surface area contributed by atoms with Crippen molar-refractivity contribution < 1.29 is 36.9 Å². The monoisotopic (exact) mass is 397 g/mol. The zero-order valence-electron chi connectivity index (χ0n) is 15.3. The van der Waals surface area contributed by atoms with Gasteiger partial charge in [0.15, 0.2) is 11.5 Å². The van der Waals surface area contributed by atoms with E-state index in [1.54, 1.807) is 12.1 Å². The van der Waals surface area contributed by atoms with Crippen LogP contribution >= 0.6 is 0 Å². The molecule has 0 unspecified atom stereocenters. The summed E-state index contributed by atoms with van der Waals surface area (Å²) in [6, 6.07) is 8.34. The highest BCUT2D eigenvalue weighted by Crippen LogP contribution is 2.39. The SMILES string of the molecule is COc1cc(NC(=O)/C=C/c2cccc(OC(F)(F)F)c2)cc(OC)c1OC. The summed E-state index contributed by atoms with van der Waals surface area (Å²) in [5.41, 5.74) is 0.750. The van der Waals surface area contributed by atoms with Crippen molar-refractivity contribution in [3.05, 3.63) is 48.0 Å². The molecule has 0 radical (unpaired) electrons. The predicted octanol–water partition coefficient (Wildman–Crippen LogP) is 4.26. The fourth-order valence-corrected chi connectivity index (χ4v) is 2.32. The topological polar surface area (TPSA) is 66.0 Å². The summed E-state index contributed by atoms with van der Waals surface area (Å²) in [6.45, 7) is 0. The Hall–Kier alpha value is -3.36. The molecule has 0 atom stereocenters. The molecule has 6 nitrogen and oxygen atoms in total. The number of carbonyl (C=O) groups is 1. The minimum absolute atomic E-state index is 0.359. The van der Waals surface area contributed by atoms with Crippen LogP contribution in [0.3, 0.4) is 0 Å². The number of carbonyl (C=O) groups excluding carboxylic acids is 1. The summed E-state index contributed by atoms with van der Waals surface area (Å²) in [4.78, 5) is 12.1. The van der Waals surface area contributed by atoms with Crippen LogP contribution in [0.2, 0.25) is 0 Å². The van der Waals surface area contributed by atoms with E-state index in [1.165, 1.54) is 51.7 Å². The minimum Gasteiger partial charge on any atom is -0.493 e. The van der Waals surface area contributed by atoms with Crippen molar-refractivity contribution in [2.75, 3.05) is 26.6 Å². The molecule has 2 aromatic carbocycles. The molecule has 0 saturated carbocycles. The Labute approximate surface area is 159 Å². The van der Waals surface area contributed by atoms with E-state index in [0.29, 0.717) is 28.5 Å². The molecule has 1 amide bonds. The van der Waals surface area contributed by atoms with Crippen molar-refractivity contribution in [3.8, 4) is 23.0 Å². The van der Waals surface area contributed by atoms with Gasteiger partial charge in [-0.15, -0.1) is 13.2 Å². The van der Waals surface area contributed by atoms with Crippen LogP contribution in [-0.2, 0) is 4.79 Å². The molecule has 0 fully saturated rings. The summed E-state index contributed by atoms with van der Waals surface area (Å²) in [6.07, 6.45) is -2.25. The van der Waals surface area contributed by atoms with E-state index in [9.17, 15) is 18.0 Å². The highest BCUT2D eigenvalue weighted by molar-refractivity contribution is 6.02. The summed E-state index contributed by atoms with van der Waals surface area (Å²) < 4.78 is 56.3. The number of halogens is 3. The fourth-order valence-electron chi connectivity index (χ4n) is 2.32. The first-order valence-electron chi connectivity index (χ1n) is 7.90. The number of alkyl halides is 3. The first-order chi connectivity index (χ1) is 13.3. The Bertz CT molecular complexity index is 840. The van der Waals surface area contributed by atoms with Crippen molar-refractivity contribution in [1.82, 2.24) is 0 Å². The van der Waals surface area contributed by atoms with Crippen molar-refractivity contribution in [1.29, 1.82) is 0 Å².